The molecule has 1 atom stereocenters. The maximum absolute atomic E-state index is 12.5. The highest BCUT2D eigenvalue weighted by Gasteiger charge is 2.15. The molecule has 1 heterocycles. The van der Waals surface area contributed by atoms with Crippen LogP contribution in [0.4, 0.5) is 5.69 Å². The number of hydrogen-bond acceptors (Lipinski definition) is 5. The average Bonchev–Trinajstić information content (AvgIpc) is 3.03. The van der Waals surface area contributed by atoms with E-state index in [9.17, 15) is 4.79 Å². The summed E-state index contributed by atoms with van der Waals surface area (Å²) in [6.45, 7) is 5.72. The number of tetrazole rings is 1. The van der Waals surface area contributed by atoms with Crippen molar-refractivity contribution in [2.75, 3.05) is 5.32 Å². The Hall–Kier alpha value is -2.67. The van der Waals surface area contributed by atoms with Crippen molar-refractivity contribution in [1.82, 2.24) is 20.2 Å². The van der Waals surface area contributed by atoms with Crippen molar-refractivity contribution in [3.8, 4) is 5.69 Å². The van der Waals surface area contributed by atoms with E-state index in [-0.39, 0.29) is 11.2 Å². The number of aryl methyl sites for hydroxylation is 2. The fourth-order valence-electron chi connectivity index (χ4n) is 2.37. The van der Waals surface area contributed by atoms with Crippen molar-refractivity contribution < 1.29 is 4.79 Å². The van der Waals surface area contributed by atoms with Crippen LogP contribution in [0.2, 0.25) is 0 Å². The van der Waals surface area contributed by atoms with Crippen molar-refractivity contribution in [1.29, 1.82) is 0 Å². The Labute approximate surface area is 150 Å². The van der Waals surface area contributed by atoms with Gasteiger partial charge in [0.25, 0.3) is 0 Å². The fraction of sp³-hybridized carbons (Fsp3) is 0.222. The van der Waals surface area contributed by atoms with Crippen molar-refractivity contribution >= 4 is 23.4 Å². The summed E-state index contributed by atoms with van der Waals surface area (Å²) < 4.78 is 1.66. The summed E-state index contributed by atoms with van der Waals surface area (Å²) in [6, 6.07) is 15.6. The van der Waals surface area contributed by atoms with Crippen LogP contribution in [-0.4, -0.2) is 31.4 Å². The Balaban J connectivity index is 1.74. The highest BCUT2D eigenvalue weighted by Crippen LogP contribution is 2.25. The van der Waals surface area contributed by atoms with Crippen molar-refractivity contribution in [3.05, 3.63) is 59.9 Å². The minimum absolute atomic E-state index is 0.0444. The molecule has 0 aliphatic heterocycles. The number of rotatable bonds is 5. The standard InChI is InChI=1S/C18H19N5OS/c1-12-9-10-15(11-17(12)23-14(3)20-21-22-23)19-18(24)13(2)25-16-7-5-4-6-8-16/h4-11,13H,1-3H3,(H,19,24). The summed E-state index contributed by atoms with van der Waals surface area (Å²) in [7, 11) is 0. The molecule has 1 aromatic heterocycles. The van der Waals surface area contributed by atoms with Gasteiger partial charge in [-0.2, -0.15) is 4.68 Å². The van der Waals surface area contributed by atoms with Crippen LogP contribution in [0, 0.1) is 13.8 Å². The lowest BCUT2D eigenvalue weighted by Crippen LogP contribution is -2.22. The number of amides is 1. The number of nitrogens with one attached hydrogen (secondary N) is 1. The molecular weight excluding hydrogens is 334 g/mol. The van der Waals surface area contributed by atoms with Gasteiger partial charge in [0.1, 0.15) is 0 Å². The number of aromatic nitrogens is 4. The van der Waals surface area contributed by atoms with E-state index in [0.29, 0.717) is 5.82 Å². The van der Waals surface area contributed by atoms with Crippen LogP contribution in [-0.2, 0) is 4.79 Å². The molecule has 0 fully saturated rings. The topological polar surface area (TPSA) is 72.7 Å². The molecule has 1 unspecified atom stereocenters. The van der Waals surface area contributed by atoms with Gasteiger partial charge in [-0.1, -0.05) is 24.3 Å². The lowest BCUT2D eigenvalue weighted by Gasteiger charge is -2.14. The molecule has 7 heteroatoms. The highest BCUT2D eigenvalue weighted by atomic mass is 32.2. The normalized spacial score (nSPS) is 12.0. The second-order valence-electron chi connectivity index (χ2n) is 5.70. The lowest BCUT2D eigenvalue weighted by molar-refractivity contribution is -0.115. The van der Waals surface area contributed by atoms with Crippen molar-refractivity contribution in [2.45, 2.75) is 30.9 Å². The second-order valence-corrected chi connectivity index (χ2v) is 7.12. The number of thioether (sulfide) groups is 1. The van der Waals surface area contributed by atoms with Gasteiger partial charge in [-0.25, -0.2) is 0 Å². The Morgan fingerprint density at radius 2 is 1.92 bits per heavy atom. The third kappa shape index (κ3) is 4.06. The molecule has 0 aliphatic carbocycles. The van der Waals surface area contributed by atoms with Crippen molar-refractivity contribution in [2.24, 2.45) is 0 Å². The van der Waals surface area contributed by atoms with Crippen LogP contribution in [0.15, 0.2) is 53.4 Å². The molecule has 25 heavy (non-hydrogen) atoms. The molecule has 0 radical (unpaired) electrons. The number of anilines is 1. The monoisotopic (exact) mass is 353 g/mol. The summed E-state index contributed by atoms with van der Waals surface area (Å²) in [5, 5.41) is 14.3. The summed E-state index contributed by atoms with van der Waals surface area (Å²) in [5.41, 5.74) is 2.60. The summed E-state index contributed by atoms with van der Waals surface area (Å²) in [5.74, 6) is 0.650. The van der Waals surface area contributed by atoms with E-state index in [1.165, 1.54) is 11.8 Å². The van der Waals surface area contributed by atoms with E-state index in [4.69, 9.17) is 0 Å². The van der Waals surface area contributed by atoms with Gasteiger partial charge in [-0.15, -0.1) is 16.9 Å². The van der Waals surface area contributed by atoms with Gasteiger partial charge < -0.3 is 5.32 Å². The zero-order valence-corrected chi connectivity index (χ0v) is 15.1. The van der Waals surface area contributed by atoms with E-state index >= 15 is 0 Å². The molecular formula is C18H19N5OS. The quantitative estimate of drug-likeness (QED) is 0.712. The largest absolute Gasteiger partial charge is 0.325 e. The van der Waals surface area contributed by atoms with Crippen LogP contribution in [0.1, 0.15) is 18.3 Å². The minimum atomic E-state index is -0.207. The maximum Gasteiger partial charge on any atom is 0.237 e. The molecule has 0 saturated heterocycles. The molecule has 0 saturated carbocycles. The minimum Gasteiger partial charge on any atom is -0.325 e. The number of nitrogens with zero attached hydrogens (tertiary/aromatic N) is 4. The number of carbonyl (C=O) groups is 1. The first-order chi connectivity index (χ1) is 12.0. The first kappa shape index (κ1) is 17.2. The average molecular weight is 353 g/mol. The molecule has 6 nitrogen and oxygen atoms in total. The first-order valence-electron chi connectivity index (χ1n) is 7.93. The van der Waals surface area contributed by atoms with E-state index in [1.54, 1.807) is 4.68 Å². The maximum atomic E-state index is 12.5. The van der Waals surface area contributed by atoms with E-state index in [2.05, 4.69) is 20.8 Å². The van der Waals surface area contributed by atoms with E-state index < -0.39 is 0 Å². The third-order valence-electron chi connectivity index (χ3n) is 3.76. The van der Waals surface area contributed by atoms with Gasteiger partial charge in [-0.05, 0) is 61.0 Å². The zero-order valence-electron chi connectivity index (χ0n) is 14.3. The summed E-state index contributed by atoms with van der Waals surface area (Å²) >= 11 is 1.53. The van der Waals surface area contributed by atoms with Crippen LogP contribution in [0.3, 0.4) is 0 Å². The zero-order chi connectivity index (χ0) is 17.8. The molecule has 1 N–H and O–H groups in total. The van der Waals surface area contributed by atoms with Gasteiger partial charge >= 0.3 is 0 Å². The molecule has 3 aromatic rings. The molecule has 1 amide bonds. The van der Waals surface area contributed by atoms with Crippen LogP contribution in [0.25, 0.3) is 5.69 Å². The molecule has 3 rings (SSSR count). The molecule has 0 bridgehead atoms. The number of hydrogen-bond donors (Lipinski definition) is 1. The molecule has 0 aliphatic rings. The Morgan fingerprint density at radius 1 is 1.16 bits per heavy atom. The Kier molecular flexibility index (Phi) is 5.14. The lowest BCUT2D eigenvalue weighted by atomic mass is 10.1. The number of carbonyl (C=O) groups excluding carboxylic acids is 1. The smallest absolute Gasteiger partial charge is 0.237 e. The molecule has 2 aromatic carbocycles. The molecule has 128 valence electrons. The van der Waals surface area contributed by atoms with E-state index in [1.807, 2.05) is 69.3 Å². The first-order valence-corrected chi connectivity index (χ1v) is 8.81. The van der Waals surface area contributed by atoms with Gasteiger partial charge in [0.2, 0.25) is 5.91 Å². The highest BCUT2D eigenvalue weighted by molar-refractivity contribution is 8.00. The fourth-order valence-corrected chi connectivity index (χ4v) is 3.26. The van der Waals surface area contributed by atoms with Gasteiger partial charge in [-0.3, -0.25) is 4.79 Å². The van der Waals surface area contributed by atoms with Crippen LogP contribution >= 0.6 is 11.8 Å². The van der Waals surface area contributed by atoms with Crippen LogP contribution < -0.4 is 5.32 Å². The Morgan fingerprint density at radius 3 is 2.60 bits per heavy atom. The predicted octanol–water partition coefficient (Wildman–Crippen LogP) is 3.40. The van der Waals surface area contributed by atoms with Gasteiger partial charge in [0, 0.05) is 10.6 Å². The van der Waals surface area contributed by atoms with Gasteiger partial charge in [0.15, 0.2) is 5.82 Å². The van der Waals surface area contributed by atoms with Crippen LogP contribution in [0.5, 0.6) is 0 Å². The SMILES string of the molecule is Cc1ccc(NC(=O)C(C)Sc2ccccc2)cc1-n1nnnc1C. The van der Waals surface area contributed by atoms with E-state index in [0.717, 1.165) is 21.8 Å². The summed E-state index contributed by atoms with van der Waals surface area (Å²) in [6.07, 6.45) is 0. The summed E-state index contributed by atoms with van der Waals surface area (Å²) in [4.78, 5) is 13.6. The third-order valence-corrected chi connectivity index (χ3v) is 4.87. The molecule has 0 spiro atoms. The Bertz CT molecular complexity index is 878. The predicted molar refractivity (Wildman–Crippen MR) is 99.0 cm³/mol. The second kappa shape index (κ2) is 7.48. The van der Waals surface area contributed by atoms with Crippen molar-refractivity contribution in [3.63, 3.8) is 0 Å². The number of benzene rings is 2. The van der Waals surface area contributed by atoms with Gasteiger partial charge in [0.05, 0.1) is 10.9 Å².